The van der Waals surface area contributed by atoms with Gasteiger partial charge in [0.25, 0.3) is 0 Å². The molecule has 2 aromatic rings. The first kappa shape index (κ1) is 19.9. The molecule has 2 fully saturated rings. The van der Waals surface area contributed by atoms with Crippen molar-refractivity contribution in [3.63, 3.8) is 0 Å². The Bertz CT molecular complexity index is 923. The first-order chi connectivity index (χ1) is 13.9. The molecule has 2 aliphatic rings. The molecule has 1 atom stereocenters. The molecule has 0 radical (unpaired) electrons. The molecular formula is C22H25BrN4O2. The van der Waals surface area contributed by atoms with E-state index in [9.17, 15) is 9.59 Å². The maximum Gasteiger partial charge on any atom is 0.239 e. The van der Waals surface area contributed by atoms with Crippen molar-refractivity contribution in [3.05, 3.63) is 52.1 Å². The smallest absolute Gasteiger partial charge is 0.239 e. The van der Waals surface area contributed by atoms with Gasteiger partial charge in [0.15, 0.2) is 0 Å². The zero-order valence-corrected chi connectivity index (χ0v) is 18.4. The maximum absolute atomic E-state index is 13.0. The molecule has 1 aromatic carbocycles. The van der Waals surface area contributed by atoms with E-state index in [1.807, 2.05) is 42.2 Å². The fraction of sp³-hybridized carbons (Fsp3) is 0.409. The highest BCUT2D eigenvalue weighted by atomic mass is 79.9. The van der Waals surface area contributed by atoms with Gasteiger partial charge < -0.3 is 14.7 Å². The van der Waals surface area contributed by atoms with Gasteiger partial charge in [-0.3, -0.25) is 9.59 Å². The Morgan fingerprint density at radius 1 is 1.03 bits per heavy atom. The van der Waals surface area contributed by atoms with E-state index in [4.69, 9.17) is 0 Å². The molecule has 2 aliphatic heterocycles. The SMILES string of the molecule is Cc1ccc(N2CCC(C(=O)N3CCN(c4ccc(Br)cn4)CC3)C2=O)cc1C. The number of carbonyl (C=O) groups is 2. The largest absolute Gasteiger partial charge is 0.353 e. The third-order valence-electron chi connectivity index (χ3n) is 5.93. The summed E-state index contributed by atoms with van der Waals surface area (Å²) < 4.78 is 0.947. The molecule has 0 bridgehead atoms. The van der Waals surface area contributed by atoms with E-state index in [1.165, 1.54) is 5.56 Å². The minimum atomic E-state index is -0.561. The Morgan fingerprint density at radius 3 is 2.45 bits per heavy atom. The summed E-state index contributed by atoms with van der Waals surface area (Å²) in [5, 5.41) is 0. The molecule has 0 aliphatic carbocycles. The van der Waals surface area contributed by atoms with E-state index in [0.29, 0.717) is 26.1 Å². The molecule has 7 heteroatoms. The predicted octanol–water partition coefficient (Wildman–Crippen LogP) is 3.16. The maximum atomic E-state index is 13.0. The second-order valence-electron chi connectivity index (χ2n) is 7.75. The average Bonchev–Trinajstić information content (AvgIpc) is 3.11. The summed E-state index contributed by atoms with van der Waals surface area (Å²) in [7, 11) is 0. The Labute approximate surface area is 179 Å². The summed E-state index contributed by atoms with van der Waals surface area (Å²) in [6.45, 7) is 7.38. The number of hydrogen-bond donors (Lipinski definition) is 0. The van der Waals surface area contributed by atoms with Crippen LogP contribution in [0.25, 0.3) is 0 Å². The Balaban J connectivity index is 1.38. The number of hydrogen-bond acceptors (Lipinski definition) is 4. The van der Waals surface area contributed by atoms with Crippen molar-refractivity contribution in [1.82, 2.24) is 9.88 Å². The molecule has 152 valence electrons. The third kappa shape index (κ3) is 4.01. The number of amides is 2. The van der Waals surface area contributed by atoms with Gasteiger partial charge in [0.2, 0.25) is 11.8 Å². The summed E-state index contributed by atoms with van der Waals surface area (Å²) in [6.07, 6.45) is 2.37. The van der Waals surface area contributed by atoms with Gasteiger partial charge >= 0.3 is 0 Å². The van der Waals surface area contributed by atoms with Crippen LogP contribution in [0.1, 0.15) is 17.5 Å². The van der Waals surface area contributed by atoms with E-state index in [1.54, 1.807) is 11.1 Å². The van der Waals surface area contributed by atoms with Crippen molar-refractivity contribution in [2.75, 3.05) is 42.5 Å². The number of halogens is 1. The molecule has 6 nitrogen and oxygen atoms in total. The lowest BCUT2D eigenvalue weighted by Gasteiger charge is -2.36. The standard InChI is InChI=1S/C22H25BrN4O2/c1-15-3-5-18(13-16(15)2)27-8-7-19(22(27)29)21(28)26-11-9-25(10-12-26)20-6-4-17(23)14-24-20/h3-6,13-14,19H,7-12H2,1-2H3. The van der Waals surface area contributed by atoms with Crippen molar-refractivity contribution in [2.24, 2.45) is 5.92 Å². The number of pyridine rings is 1. The lowest BCUT2D eigenvalue weighted by molar-refractivity contribution is -0.140. The van der Waals surface area contributed by atoms with E-state index in [2.05, 4.69) is 32.7 Å². The van der Waals surface area contributed by atoms with Crippen LogP contribution in [-0.4, -0.2) is 54.4 Å². The lowest BCUT2D eigenvalue weighted by Crippen LogP contribution is -2.51. The lowest BCUT2D eigenvalue weighted by atomic mass is 10.1. The second-order valence-corrected chi connectivity index (χ2v) is 8.66. The molecule has 0 spiro atoms. The number of rotatable bonds is 3. The van der Waals surface area contributed by atoms with Gasteiger partial charge in [-0.2, -0.15) is 0 Å². The molecule has 29 heavy (non-hydrogen) atoms. The van der Waals surface area contributed by atoms with Crippen molar-refractivity contribution < 1.29 is 9.59 Å². The van der Waals surface area contributed by atoms with Crippen molar-refractivity contribution in [2.45, 2.75) is 20.3 Å². The molecule has 4 rings (SSSR count). The van der Waals surface area contributed by atoms with Crippen LogP contribution in [0, 0.1) is 19.8 Å². The summed E-state index contributed by atoms with van der Waals surface area (Å²) in [6, 6.07) is 9.98. The van der Waals surface area contributed by atoms with Gasteiger partial charge in [-0.05, 0) is 71.6 Å². The van der Waals surface area contributed by atoms with Gasteiger partial charge in [0, 0.05) is 49.1 Å². The zero-order chi connectivity index (χ0) is 20.5. The van der Waals surface area contributed by atoms with Crippen molar-refractivity contribution in [3.8, 4) is 0 Å². The number of aromatic nitrogens is 1. The zero-order valence-electron chi connectivity index (χ0n) is 16.8. The summed E-state index contributed by atoms with van der Waals surface area (Å²) >= 11 is 3.40. The third-order valence-corrected chi connectivity index (χ3v) is 6.40. The molecule has 1 unspecified atom stereocenters. The number of nitrogens with zero attached hydrogens (tertiary/aromatic N) is 4. The highest BCUT2D eigenvalue weighted by Crippen LogP contribution is 2.28. The normalized spacial score (nSPS) is 19.8. The van der Waals surface area contributed by atoms with Crippen LogP contribution in [-0.2, 0) is 9.59 Å². The Morgan fingerprint density at radius 2 is 1.79 bits per heavy atom. The fourth-order valence-electron chi connectivity index (χ4n) is 3.99. The summed E-state index contributed by atoms with van der Waals surface area (Å²) in [4.78, 5) is 36.2. The monoisotopic (exact) mass is 456 g/mol. The minimum absolute atomic E-state index is 0.0373. The van der Waals surface area contributed by atoms with Crippen LogP contribution in [0.2, 0.25) is 0 Å². The van der Waals surface area contributed by atoms with Gasteiger partial charge in [0.05, 0.1) is 0 Å². The van der Waals surface area contributed by atoms with Crippen LogP contribution >= 0.6 is 15.9 Å². The minimum Gasteiger partial charge on any atom is -0.353 e. The predicted molar refractivity (Wildman–Crippen MR) is 117 cm³/mol. The molecule has 2 amide bonds. The number of carbonyl (C=O) groups excluding carboxylic acids is 2. The molecule has 2 saturated heterocycles. The van der Waals surface area contributed by atoms with Crippen LogP contribution in [0.15, 0.2) is 41.0 Å². The molecule has 0 saturated carbocycles. The van der Waals surface area contributed by atoms with E-state index >= 15 is 0 Å². The van der Waals surface area contributed by atoms with Crippen LogP contribution in [0.5, 0.6) is 0 Å². The van der Waals surface area contributed by atoms with Gasteiger partial charge in [0.1, 0.15) is 11.7 Å². The van der Waals surface area contributed by atoms with Crippen LogP contribution in [0.4, 0.5) is 11.5 Å². The van der Waals surface area contributed by atoms with Crippen LogP contribution in [0.3, 0.4) is 0 Å². The van der Waals surface area contributed by atoms with Gasteiger partial charge in [-0.25, -0.2) is 4.98 Å². The number of anilines is 2. The number of aryl methyl sites for hydroxylation is 2. The first-order valence-corrected chi connectivity index (χ1v) is 10.8. The van der Waals surface area contributed by atoms with Crippen molar-refractivity contribution >= 4 is 39.2 Å². The highest BCUT2D eigenvalue weighted by molar-refractivity contribution is 9.10. The number of piperazine rings is 1. The fourth-order valence-corrected chi connectivity index (χ4v) is 4.22. The van der Waals surface area contributed by atoms with Gasteiger partial charge in [-0.15, -0.1) is 0 Å². The molecule has 0 N–H and O–H groups in total. The van der Waals surface area contributed by atoms with Crippen molar-refractivity contribution in [1.29, 1.82) is 0 Å². The van der Waals surface area contributed by atoms with E-state index in [0.717, 1.165) is 34.6 Å². The topological polar surface area (TPSA) is 56.8 Å². The molecule has 1 aromatic heterocycles. The van der Waals surface area contributed by atoms with E-state index < -0.39 is 5.92 Å². The summed E-state index contributed by atoms with van der Waals surface area (Å²) in [5.74, 6) is 0.243. The Kier molecular flexibility index (Phi) is 5.58. The first-order valence-electron chi connectivity index (χ1n) is 9.98. The average molecular weight is 457 g/mol. The molecule has 3 heterocycles. The quantitative estimate of drug-likeness (QED) is 0.665. The highest BCUT2D eigenvalue weighted by Gasteiger charge is 2.40. The van der Waals surface area contributed by atoms with E-state index in [-0.39, 0.29) is 11.8 Å². The second kappa shape index (κ2) is 8.14. The molecular weight excluding hydrogens is 432 g/mol. The van der Waals surface area contributed by atoms with Crippen LogP contribution < -0.4 is 9.80 Å². The Hall–Kier alpha value is -2.41. The van der Waals surface area contributed by atoms with Gasteiger partial charge in [-0.1, -0.05) is 6.07 Å². The summed E-state index contributed by atoms with van der Waals surface area (Å²) in [5.41, 5.74) is 3.24. The number of benzene rings is 1.